The number of halogens is 1. The van der Waals surface area contributed by atoms with Gasteiger partial charge in [0.1, 0.15) is 0 Å². The smallest absolute Gasteiger partial charge is 0.231 e. The molecule has 3 nitrogen and oxygen atoms in total. The number of dihydropyridines is 1. The molecule has 1 atom stereocenters. The fourth-order valence-corrected chi connectivity index (χ4v) is 2.57. The summed E-state index contributed by atoms with van der Waals surface area (Å²) < 4.78 is 0. The second-order valence-electron chi connectivity index (χ2n) is 2.90. The first-order valence-electron chi connectivity index (χ1n) is 3.85. The van der Waals surface area contributed by atoms with Gasteiger partial charge in [0.25, 0.3) is 0 Å². The van der Waals surface area contributed by atoms with E-state index in [4.69, 9.17) is 5.73 Å². The first-order valence-corrected chi connectivity index (χ1v) is 4.73. The fourth-order valence-electron chi connectivity index (χ4n) is 1.39. The molecule has 0 aromatic heterocycles. The number of thioether (sulfide) groups is 1. The van der Waals surface area contributed by atoms with Crippen LogP contribution in [0.4, 0.5) is 0 Å². The highest BCUT2D eigenvalue weighted by molar-refractivity contribution is 8.04. The first-order chi connectivity index (χ1) is 5.77. The third kappa shape index (κ3) is 2.00. The Balaban J connectivity index is 0.000000845. The molecular formula is C8H11ClN2OS. The van der Waals surface area contributed by atoms with Crippen molar-refractivity contribution in [2.45, 2.75) is 11.7 Å². The number of amides is 1. The molecule has 3 N–H and O–H groups in total. The molecule has 1 unspecified atom stereocenters. The molecule has 0 saturated carbocycles. The minimum atomic E-state index is -0.206. The molecule has 2 aliphatic heterocycles. The van der Waals surface area contributed by atoms with Crippen LogP contribution < -0.4 is 11.1 Å². The molecule has 2 heterocycles. The SMILES string of the molecule is Cl.NC(=O)C1CC2=C(C=CNC2)S1. The summed E-state index contributed by atoms with van der Waals surface area (Å²) in [5.74, 6) is -0.206. The van der Waals surface area contributed by atoms with Crippen LogP contribution in [0.25, 0.3) is 0 Å². The summed E-state index contributed by atoms with van der Waals surface area (Å²) in [6, 6.07) is 0. The standard InChI is InChI=1S/C8H10N2OS.ClH/c9-8(11)7-3-5-4-10-2-1-6(5)12-7;/h1-2,7,10H,3-4H2,(H2,9,11);1H. The van der Waals surface area contributed by atoms with Crippen molar-refractivity contribution in [3.8, 4) is 0 Å². The molecule has 0 fully saturated rings. The predicted molar refractivity (Wildman–Crippen MR) is 56.6 cm³/mol. The van der Waals surface area contributed by atoms with Gasteiger partial charge in [-0.2, -0.15) is 0 Å². The van der Waals surface area contributed by atoms with E-state index in [1.807, 2.05) is 12.3 Å². The molecule has 0 saturated heterocycles. The lowest BCUT2D eigenvalue weighted by Gasteiger charge is -2.07. The van der Waals surface area contributed by atoms with E-state index in [0.29, 0.717) is 0 Å². The van der Waals surface area contributed by atoms with Crippen LogP contribution in [-0.2, 0) is 4.79 Å². The Morgan fingerprint density at radius 2 is 2.46 bits per heavy atom. The van der Waals surface area contributed by atoms with Gasteiger partial charge in [0.15, 0.2) is 0 Å². The number of primary amides is 1. The molecule has 0 aromatic rings. The maximum absolute atomic E-state index is 10.9. The van der Waals surface area contributed by atoms with E-state index in [1.54, 1.807) is 11.8 Å². The van der Waals surface area contributed by atoms with Crippen LogP contribution >= 0.6 is 24.2 Å². The Morgan fingerprint density at radius 1 is 1.69 bits per heavy atom. The maximum atomic E-state index is 10.9. The van der Waals surface area contributed by atoms with Crippen molar-refractivity contribution >= 4 is 30.1 Å². The van der Waals surface area contributed by atoms with E-state index in [1.165, 1.54) is 10.5 Å². The third-order valence-electron chi connectivity index (χ3n) is 2.03. The molecule has 13 heavy (non-hydrogen) atoms. The lowest BCUT2D eigenvalue weighted by molar-refractivity contribution is -0.117. The molecule has 2 aliphatic rings. The average Bonchev–Trinajstić information content (AvgIpc) is 2.46. The third-order valence-corrected chi connectivity index (χ3v) is 3.40. The minimum absolute atomic E-state index is 0. The van der Waals surface area contributed by atoms with E-state index in [2.05, 4.69) is 5.32 Å². The number of hydrogen-bond acceptors (Lipinski definition) is 3. The Labute approximate surface area is 87.2 Å². The number of carbonyl (C=O) groups is 1. The monoisotopic (exact) mass is 218 g/mol. The van der Waals surface area contributed by atoms with Gasteiger partial charge >= 0.3 is 0 Å². The van der Waals surface area contributed by atoms with Gasteiger partial charge in [-0.1, -0.05) is 0 Å². The van der Waals surface area contributed by atoms with Crippen LogP contribution in [0, 0.1) is 0 Å². The lowest BCUT2D eigenvalue weighted by Crippen LogP contribution is -2.24. The number of rotatable bonds is 1. The highest BCUT2D eigenvalue weighted by Gasteiger charge is 2.28. The van der Waals surface area contributed by atoms with Gasteiger partial charge in [0.05, 0.1) is 5.25 Å². The second-order valence-corrected chi connectivity index (χ2v) is 4.14. The van der Waals surface area contributed by atoms with Crippen molar-refractivity contribution in [2.75, 3.05) is 6.54 Å². The number of hydrogen-bond donors (Lipinski definition) is 2. The molecule has 2 rings (SSSR count). The van der Waals surface area contributed by atoms with Gasteiger partial charge in [-0.15, -0.1) is 24.2 Å². The number of nitrogens with one attached hydrogen (secondary N) is 1. The molecular weight excluding hydrogens is 208 g/mol. The zero-order valence-corrected chi connectivity index (χ0v) is 8.58. The molecule has 0 bridgehead atoms. The van der Waals surface area contributed by atoms with Gasteiger partial charge in [-0.25, -0.2) is 0 Å². The van der Waals surface area contributed by atoms with Crippen LogP contribution in [0.3, 0.4) is 0 Å². The molecule has 1 amide bonds. The Morgan fingerprint density at radius 3 is 3.08 bits per heavy atom. The highest BCUT2D eigenvalue weighted by atomic mass is 35.5. The average molecular weight is 219 g/mol. The summed E-state index contributed by atoms with van der Waals surface area (Å²) in [6.07, 6.45) is 4.73. The lowest BCUT2D eigenvalue weighted by atomic mass is 10.1. The highest BCUT2D eigenvalue weighted by Crippen LogP contribution is 2.38. The minimum Gasteiger partial charge on any atom is -0.387 e. The van der Waals surface area contributed by atoms with E-state index < -0.39 is 0 Å². The Hall–Kier alpha value is -0.610. The molecule has 0 aromatic carbocycles. The number of carbonyl (C=O) groups excluding carboxylic acids is 1. The van der Waals surface area contributed by atoms with Crippen molar-refractivity contribution in [2.24, 2.45) is 5.73 Å². The van der Waals surface area contributed by atoms with Crippen molar-refractivity contribution in [1.29, 1.82) is 0 Å². The normalized spacial score (nSPS) is 24.8. The number of allylic oxidation sites excluding steroid dienone is 1. The molecule has 0 aliphatic carbocycles. The summed E-state index contributed by atoms with van der Waals surface area (Å²) in [6.45, 7) is 0.864. The van der Waals surface area contributed by atoms with Crippen LogP contribution in [-0.4, -0.2) is 17.7 Å². The quantitative estimate of drug-likeness (QED) is 0.684. The number of nitrogens with two attached hydrogens (primary N) is 1. The molecule has 0 spiro atoms. The van der Waals surface area contributed by atoms with E-state index in [9.17, 15) is 4.79 Å². The summed E-state index contributed by atoms with van der Waals surface area (Å²) in [5.41, 5.74) is 6.53. The Bertz CT molecular complexity index is 288. The van der Waals surface area contributed by atoms with Crippen molar-refractivity contribution in [1.82, 2.24) is 5.32 Å². The van der Waals surface area contributed by atoms with Crippen molar-refractivity contribution in [3.63, 3.8) is 0 Å². The zero-order valence-electron chi connectivity index (χ0n) is 6.95. The van der Waals surface area contributed by atoms with Crippen molar-refractivity contribution < 1.29 is 4.79 Å². The molecule has 72 valence electrons. The van der Waals surface area contributed by atoms with E-state index in [-0.39, 0.29) is 23.6 Å². The van der Waals surface area contributed by atoms with Crippen molar-refractivity contribution in [3.05, 3.63) is 22.8 Å². The summed E-state index contributed by atoms with van der Waals surface area (Å²) in [5, 5.41) is 3.07. The summed E-state index contributed by atoms with van der Waals surface area (Å²) in [7, 11) is 0. The second kappa shape index (κ2) is 4.07. The van der Waals surface area contributed by atoms with Gasteiger partial charge in [-0.05, 0) is 24.3 Å². The topological polar surface area (TPSA) is 55.1 Å². The molecule has 0 radical (unpaired) electrons. The first kappa shape index (κ1) is 10.5. The van der Waals surface area contributed by atoms with Crippen LogP contribution in [0.15, 0.2) is 22.8 Å². The van der Waals surface area contributed by atoms with Gasteiger partial charge in [0.2, 0.25) is 5.91 Å². The van der Waals surface area contributed by atoms with Gasteiger partial charge in [0, 0.05) is 11.4 Å². The Kier molecular flexibility index (Phi) is 3.27. The van der Waals surface area contributed by atoms with Crippen LogP contribution in [0.2, 0.25) is 0 Å². The molecule has 5 heteroatoms. The van der Waals surface area contributed by atoms with Gasteiger partial charge < -0.3 is 11.1 Å². The van der Waals surface area contributed by atoms with Crippen LogP contribution in [0.1, 0.15) is 6.42 Å². The largest absolute Gasteiger partial charge is 0.387 e. The van der Waals surface area contributed by atoms with E-state index in [0.717, 1.165) is 13.0 Å². The zero-order chi connectivity index (χ0) is 8.55. The summed E-state index contributed by atoms with van der Waals surface area (Å²) in [4.78, 5) is 12.1. The van der Waals surface area contributed by atoms with Crippen LogP contribution in [0.5, 0.6) is 0 Å². The predicted octanol–water partition coefficient (Wildman–Crippen LogP) is 0.770. The maximum Gasteiger partial charge on any atom is 0.231 e. The van der Waals surface area contributed by atoms with E-state index >= 15 is 0 Å². The fraction of sp³-hybridized carbons (Fsp3) is 0.375. The van der Waals surface area contributed by atoms with Gasteiger partial charge in [-0.3, -0.25) is 4.79 Å². The summed E-state index contributed by atoms with van der Waals surface area (Å²) >= 11 is 1.58.